The van der Waals surface area contributed by atoms with Crippen LogP contribution in [0.3, 0.4) is 0 Å². The smallest absolute Gasteiger partial charge is 0.226 e. The maximum atomic E-state index is 13.1. The predicted octanol–water partition coefficient (Wildman–Crippen LogP) is 2.88. The molecule has 0 fully saturated rings. The summed E-state index contributed by atoms with van der Waals surface area (Å²) in [5.41, 5.74) is 2.47. The van der Waals surface area contributed by atoms with E-state index in [1.807, 2.05) is 12.1 Å². The molecule has 3 aromatic rings. The van der Waals surface area contributed by atoms with Crippen molar-refractivity contribution in [2.24, 2.45) is 0 Å². The van der Waals surface area contributed by atoms with Gasteiger partial charge >= 0.3 is 0 Å². The van der Waals surface area contributed by atoms with Crippen LogP contribution in [-0.2, 0) is 4.79 Å². The Morgan fingerprint density at radius 2 is 2.04 bits per heavy atom. The van der Waals surface area contributed by atoms with Gasteiger partial charge in [-0.15, -0.1) is 0 Å². The monoisotopic (exact) mass is 308 g/mol. The number of carbonyl (C=O) groups excluding carboxylic acids is 1. The zero-order valence-corrected chi connectivity index (χ0v) is 12.1. The number of halogens is 1. The molecule has 1 aromatic carbocycles. The highest BCUT2D eigenvalue weighted by atomic mass is 19.1. The van der Waals surface area contributed by atoms with Gasteiger partial charge in [-0.3, -0.25) is 14.3 Å². The fourth-order valence-electron chi connectivity index (χ4n) is 2.87. The molecular formula is C17H13FN4O. The molecule has 0 radical (unpaired) electrons. The van der Waals surface area contributed by atoms with Gasteiger partial charge in [0.2, 0.25) is 5.91 Å². The van der Waals surface area contributed by atoms with E-state index >= 15 is 0 Å². The molecule has 114 valence electrons. The number of pyridine rings is 1. The minimum absolute atomic E-state index is 0.0857. The van der Waals surface area contributed by atoms with Crippen LogP contribution in [0, 0.1) is 5.82 Å². The molecule has 23 heavy (non-hydrogen) atoms. The number of benzene rings is 1. The number of nitrogens with one attached hydrogen (secondary N) is 1. The molecule has 1 N–H and O–H groups in total. The molecule has 0 spiro atoms. The Morgan fingerprint density at radius 1 is 1.22 bits per heavy atom. The van der Waals surface area contributed by atoms with E-state index in [2.05, 4.69) is 15.3 Å². The van der Waals surface area contributed by atoms with Crippen LogP contribution in [0.2, 0.25) is 0 Å². The summed E-state index contributed by atoms with van der Waals surface area (Å²) >= 11 is 0. The quantitative estimate of drug-likeness (QED) is 0.792. The molecule has 0 bridgehead atoms. The van der Waals surface area contributed by atoms with E-state index in [1.165, 1.54) is 12.1 Å². The maximum absolute atomic E-state index is 13.1. The third-order valence-electron chi connectivity index (χ3n) is 3.97. The van der Waals surface area contributed by atoms with E-state index < -0.39 is 0 Å². The van der Waals surface area contributed by atoms with Gasteiger partial charge in [-0.1, -0.05) is 12.1 Å². The van der Waals surface area contributed by atoms with Gasteiger partial charge in [0.25, 0.3) is 0 Å². The van der Waals surface area contributed by atoms with Crippen LogP contribution in [0.5, 0.6) is 0 Å². The SMILES string of the molecule is O=C1C[C@@H](c2ccc(F)cc2)c2ncn(-c3cccnc3)c2N1. The highest BCUT2D eigenvalue weighted by molar-refractivity contribution is 5.94. The average molecular weight is 308 g/mol. The Balaban J connectivity index is 1.81. The number of carbonyl (C=O) groups is 1. The molecule has 2 aromatic heterocycles. The van der Waals surface area contributed by atoms with Crippen molar-refractivity contribution in [2.75, 3.05) is 5.32 Å². The molecule has 6 heteroatoms. The molecule has 3 heterocycles. The standard InChI is InChI=1S/C17H13FN4O/c18-12-5-3-11(4-6-12)14-8-15(23)21-17-16(14)20-10-22(17)13-2-1-7-19-9-13/h1-7,9-10,14H,8H2,(H,21,23)/t14-/m0/s1. The van der Waals surface area contributed by atoms with E-state index in [9.17, 15) is 9.18 Å². The summed E-state index contributed by atoms with van der Waals surface area (Å²) < 4.78 is 14.9. The summed E-state index contributed by atoms with van der Waals surface area (Å²) in [5.74, 6) is 0.0773. The van der Waals surface area contributed by atoms with E-state index in [0.29, 0.717) is 12.2 Å². The number of imidazole rings is 1. The zero-order valence-electron chi connectivity index (χ0n) is 12.1. The van der Waals surface area contributed by atoms with Crippen molar-refractivity contribution in [1.29, 1.82) is 0 Å². The normalized spacial score (nSPS) is 16.7. The topological polar surface area (TPSA) is 59.8 Å². The number of anilines is 1. The summed E-state index contributed by atoms with van der Waals surface area (Å²) in [7, 11) is 0. The van der Waals surface area contributed by atoms with Crippen molar-refractivity contribution < 1.29 is 9.18 Å². The van der Waals surface area contributed by atoms with Gasteiger partial charge in [-0.05, 0) is 29.8 Å². The molecule has 1 aliphatic heterocycles. The van der Waals surface area contributed by atoms with E-state index in [0.717, 1.165) is 16.9 Å². The predicted molar refractivity (Wildman–Crippen MR) is 82.8 cm³/mol. The molecule has 1 atom stereocenters. The molecule has 4 rings (SSSR count). The first-order chi connectivity index (χ1) is 11.2. The van der Waals surface area contributed by atoms with E-state index in [4.69, 9.17) is 0 Å². The minimum atomic E-state index is -0.296. The van der Waals surface area contributed by atoms with Crippen LogP contribution in [0.15, 0.2) is 55.1 Å². The van der Waals surface area contributed by atoms with Crippen LogP contribution in [-0.4, -0.2) is 20.4 Å². The fraction of sp³-hybridized carbons (Fsp3) is 0.118. The Labute approximate surface area is 131 Å². The van der Waals surface area contributed by atoms with Gasteiger partial charge in [0.15, 0.2) is 0 Å². The second-order valence-corrected chi connectivity index (χ2v) is 5.42. The van der Waals surface area contributed by atoms with Crippen LogP contribution in [0.1, 0.15) is 23.6 Å². The van der Waals surface area contributed by atoms with Crippen molar-refractivity contribution in [3.63, 3.8) is 0 Å². The zero-order chi connectivity index (χ0) is 15.8. The first-order valence-corrected chi connectivity index (χ1v) is 7.25. The molecule has 5 nitrogen and oxygen atoms in total. The van der Waals surface area contributed by atoms with Crippen molar-refractivity contribution in [1.82, 2.24) is 14.5 Å². The van der Waals surface area contributed by atoms with Gasteiger partial charge in [0, 0.05) is 18.5 Å². The van der Waals surface area contributed by atoms with Crippen molar-refractivity contribution >= 4 is 11.7 Å². The Bertz CT molecular complexity index is 858. The lowest BCUT2D eigenvalue weighted by atomic mass is 9.90. The van der Waals surface area contributed by atoms with Gasteiger partial charge < -0.3 is 5.32 Å². The van der Waals surface area contributed by atoms with Crippen LogP contribution in [0.25, 0.3) is 5.69 Å². The first kappa shape index (κ1) is 13.6. The highest BCUT2D eigenvalue weighted by Gasteiger charge is 2.30. The van der Waals surface area contributed by atoms with E-state index in [1.54, 1.807) is 35.4 Å². The fourth-order valence-corrected chi connectivity index (χ4v) is 2.87. The van der Waals surface area contributed by atoms with Crippen molar-refractivity contribution in [3.05, 3.63) is 72.2 Å². The van der Waals surface area contributed by atoms with Crippen LogP contribution >= 0.6 is 0 Å². The Hall–Kier alpha value is -3.02. The second kappa shape index (κ2) is 5.31. The van der Waals surface area contributed by atoms with Gasteiger partial charge in [0.05, 0.1) is 17.6 Å². The largest absolute Gasteiger partial charge is 0.310 e. The summed E-state index contributed by atoms with van der Waals surface area (Å²) in [4.78, 5) is 20.7. The third kappa shape index (κ3) is 2.38. The highest BCUT2D eigenvalue weighted by Crippen LogP contribution is 2.37. The van der Waals surface area contributed by atoms with Gasteiger partial charge in [-0.25, -0.2) is 9.37 Å². The summed E-state index contributed by atoms with van der Waals surface area (Å²) in [6.45, 7) is 0. The molecular weight excluding hydrogens is 295 g/mol. The molecule has 0 saturated heterocycles. The number of aromatic nitrogens is 3. The van der Waals surface area contributed by atoms with Gasteiger partial charge in [0.1, 0.15) is 18.0 Å². The summed E-state index contributed by atoms with van der Waals surface area (Å²) in [5, 5.41) is 2.88. The second-order valence-electron chi connectivity index (χ2n) is 5.42. The lowest BCUT2D eigenvalue weighted by Gasteiger charge is -2.23. The van der Waals surface area contributed by atoms with E-state index in [-0.39, 0.29) is 17.6 Å². The number of fused-ring (bicyclic) bond motifs is 1. The lowest BCUT2D eigenvalue weighted by Crippen LogP contribution is -2.24. The Morgan fingerprint density at radius 3 is 2.78 bits per heavy atom. The van der Waals surface area contributed by atoms with Crippen LogP contribution in [0.4, 0.5) is 10.2 Å². The summed E-state index contributed by atoms with van der Waals surface area (Å²) in [6.07, 6.45) is 5.36. The minimum Gasteiger partial charge on any atom is -0.310 e. The molecule has 1 amide bonds. The number of amides is 1. The number of hydrogen-bond donors (Lipinski definition) is 1. The lowest BCUT2D eigenvalue weighted by molar-refractivity contribution is -0.116. The molecule has 0 unspecified atom stereocenters. The molecule has 0 saturated carbocycles. The third-order valence-corrected chi connectivity index (χ3v) is 3.97. The van der Waals surface area contributed by atoms with Crippen molar-refractivity contribution in [2.45, 2.75) is 12.3 Å². The Kier molecular flexibility index (Phi) is 3.15. The molecule has 0 aliphatic carbocycles. The first-order valence-electron chi connectivity index (χ1n) is 7.25. The van der Waals surface area contributed by atoms with Crippen LogP contribution < -0.4 is 5.32 Å². The number of nitrogens with zero attached hydrogens (tertiary/aromatic N) is 3. The average Bonchev–Trinajstić information content (AvgIpc) is 2.99. The van der Waals surface area contributed by atoms with Gasteiger partial charge in [-0.2, -0.15) is 0 Å². The number of rotatable bonds is 2. The summed E-state index contributed by atoms with van der Waals surface area (Å²) in [6, 6.07) is 9.92. The number of hydrogen-bond acceptors (Lipinski definition) is 3. The van der Waals surface area contributed by atoms with Crippen molar-refractivity contribution in [3.8, 4) is 5.69 Å². The maximum Gasteiger partial charge on any atom is 0.226 e. The molecule has 1 aliphatic rings.